The summed E-state index contributed by atoms with van der Waals surface area (Å²) in [5, 5.41) is 2.71. The van der Waals surface area contributed by atoms with Gasteiger partial charge in [-0.15, -0.1) is 0 Å². The van der Waals surface area contributed by atoms with Gasteiger partial charge >= 0.3 is 0 Å². The van der Waals surface area contributed by atoms with Gasteiger partial charge in [0.25, 0.3) is 0 Å². The first-order valence-electron chi connectivity index (χ1n) is 9.80. The van der Waals surface area contributed by atoms with E-state index in [1.807, 2.05) is 0 Å². The van der Waals surface area contributed by atoms with Crippen molar-refractivity contribution < 1.29 is 0 Å². The standard InChI is InChI=1S/C23H31N/c1-3-4-5-6-7-8-9-13-18(2)19-15-12-16-21-20-14-10-11-17-22(20)24-23(19)21/h10-12,14-18,24H,3-9,13H2,1-2H3. The van der Waals surface area contributed by atoms with Crippen LogP contribution in [0.3, 0.4) is 0 Å². The van der Waals surface area contributed by atoms with E-state index >= 15 is 0 Å². The molecular weight excluding hydrogens is 290 g/mol. The second-order valence-electron chi connectivity index (χ2n) is 7.25. The van der Waals surface area contributed by atoms with Crippen LogP contribution in [0.15, 0.2) is 42.5 Å². The molecule has 1 heterocycles. The molecule has 0 saturated carbocycles. The molecule has 128 valence electrons. The second-order valence-corrected chi connectivity index (χ2v) is 7.25. The largest absolute Gasteiger partial charge is 0.354 e. The highest BCUT2D eigenvalue weighted by Crippen LogP contribution is 2.33. The van der Waals surface area contributed by atoms with Crippen molar-refractivity contribution in [3.63, 3.8) is 0 Å². The number of fused-ring (bicyclic) bond motifs is 3. The van der Waals surface area contributed by atoms with E-state index in [1.54, 1.807) is 0 Å². The van der Waals surface area contributed by atoms with Crippen LogP contribution in [0.4, 0.5) is 0 Å². The highest BCUT2D eigenvalue weighted by Gasteiger charge is 2.12. The van der Waals surface area contributed by atoms with Gasteiger partial charge in [-0.05, 0) is 24.0 Å². The van der Waals surface area contributed by atoms with Crippen LogP contribution in [0.5, 0.6) is 0 Å². The molecule has 24 heavy (non-hydrogen) atoms. The van der Waals surface area contributed by atoms with E-state index in [0.29, 0.717) is 5.92 Å². The van der Waals surface area contributed by atoms with Gasteiger partial charge in [-0.2, -0.15) is 0 Å². The van der Waals surface area contributed by atoms with Gasteiger partial charge in [-0.3, -0.25) is 0 Å². The van der Waals surface area contributed by atoms with Gasteiger partial charge in [0.05, 0.1) is 0 Å². The number of rotatable bonds is 9. The maximum Gasteiger partial charge on any atom is 0.0500 e. The molecule has 0 amide bonds. The number of aromatic nitrogens is 1. The van der Waals surface area contributed by atoms with E-state index in [4.69, 9.17) is 0 Å². The van der Waals surface area contributed by atoms with Crippen molar-refractivity contribution in [2.45, 2.75) is 71.1 Å². The first-order chi connectivity index (χ1) is 11.8. The molecule has 0 bridgehead atoms. The Morgan fingerprint density at radius 3 is 2.33 bits per heavy atom. The molecular formula is C23H31N. The summed E-state index contributed by atoms with van der Waals surface area (Å²) in [4.78, 5) is 3.65. The van der Waals surface area contributed by atoms with Crippen molar-refractivity contribution in [3.8, 4) is 0 Å². The number of unbranched alkanes of at least 4 members (excludes halogenated alkanes) is 6. The predicted molar refractivity (Wildman–Crippen MR) is 107 cm³/mol. The van der Waals surface area contributed by atoms with Gasteiger partial charge in [-0.25, -0.2) is 0 Å². The van der Waals surface area contributed by atoms with Crippen molar-refractivity contribution in [2.75, 3.05) is 0 Å². The van der Waals surface area contributed by atoms with Crippen LogP contribution < -0.4 is 0 Å². The monoisotopic (exact) mass is 321 g/mol. The molecule has 1 aromatic heterocycles. The fraction of sp³-hybridized carbons (Fsp3) is 0.478. The minimum Gasteiger partial charge on any atom is -0.354 e. The third-order valence-electron chi connectivity index (χ3n) is 5.35. The van der Waals surface area contributed by atoms with Gasteiger partial charge in [-0.1, -0.05) is 95.2 Å². The van der Waals surface area contributed by atoms with Gasteiger partial charge in [0.15, 0.2) is 0 Å². The number of para-hydroxylation sites is 2. The zero-order chi connectivity index (χ0) is 16.8. The highest BCUT2D eigenvalue weighted by molar-refractivity contribution is 6.08. The number of H-pyrrole nitrogens is 1. The minimum absolute atomic E-state index is 0.623. The molecule has 0 aliphatic carbocycles. The van der Waals surface area contributed by atoms with E-state index in [-0.39, 0.29) is 0 Å². The van der Waals surface area contributed by atoms with Crippen LogP contribution in [0.1, 0.15) is 76.7 Å². The van der Waals surface area contributed by atoms with Crippen LogP contribution in [0, 0.1) is 0 Å². The summed E-state index contributed by atoms with van der Waals surface area (Å²) < 4.78 is 0. The molecule has 0 radical (unpaired) electrons. The van der Waals surface area contributed by atoms with E-state index < -0.39 is 0 Å². The summed E-state index contributed by atoms with van der Waals surface area (Å²) in [6, 6.07) is 15.4. The normalized spacial score (nSPS) is 12.9. The van der Waals surface area contributed by atoms with Crippen molar-refractivity contribution in [2.24, 2.45) is 0 Å². The molecule has 1 nitrogen and oxygen atoms in total. The lowest BCUT2D eigenvalue weighted by Crippen LogP contribution is -1.95. The highest BCUT2D eigenvalue weighted by atomic mass is 14.7. The Morgan fingerprint density at radius 1 is 0.792 bits per heavy atom. The Bertz CT molecular complexity index is 768. The Balaban J connectivity index is 1.64. The van der Waals surface area contributed by atoms with E-state index in [1.165, 1.54) is 78.7 Å². The summed E-state index contributed by atoms with van der Waals surface area (Å²) in [5.74, 6) is 0.623. The number of nitrogens with one attached hydrogen (secondary N) is 1. The van der Waals surface area contributed by atoms with Crippen molar-refractivity contribution in [3.05, 3.63) is 48.0 Å². The number of aromatic amines is 1. The molecule has 3 aromatic rings. The number of hydrogen-bond donors (Lipinski definition) is 1. The van der Waals surface area contributed by atoms with Crippen molar-refractivity contribution >= 4 is 21.8 Å². The molecule has 2 aromatic carbocycles. The van der Waals surface area contributed by atoms with Gasteiger partial charge in [0, 0.05) is 21.8 Å². The summed E-state index contributed by atoms with van der Waals surface area (Å²) >= 11 is 0. The third kappa shape index (κ3) is 3.83. The Labute approximate surface area is 146 Å². The van der Waals surface area contributed by atoms with E-state index in [2.05, 4.69) is 61.3 Å². The summed E-state index contributed by atoms with van der Waals surface area (Å²) in [5.41, 5.74) is 4.08. The average molecular weight is 322 g/mol. The number of hydrogen-bond acceptors (Lipinski definition) is 0. The molecule has 0 spiro atoms. The minimum atomic E-state index is 0.623. The van der Waals surface area contributed by atoms with Gasteiger partial charge in [0.1, 0.15) is 0 Å². The predicted octanol–water partition coefficient (Wildman–Crippen LogP) is 7.57. The smallest absolute Gasteiger partial charge is 0.0500 e. The third-order valence-corrected chi connectivity index (χ3v) is 5.35. The summed E-state index contributed by atoms with van der Waals surface area (Å²) in [6.45, 7) is 4.67. The van der Waals surface area contributed by atoms with Crippen LogP contribution in [-0.2, 0) is 0 Å². The lowest BCUT2D eigenvalue weighted by atomic mass is 9.93. The maximum absolute atomic E-state index is 3.65. The topological polar surface area (TPSA) is 15.8 Å². The van der Waals surface area contributed by atoms with Crippen molar-refractivity contribution in [1.29, 1.82) is 0 Å². The van der Waals surface area contributed by atoms with Crippen LogP contribution in [0.2, 0.25) is 0 Å². The van der Waals surface area contributed by atoms with E-state index in [9.17, 15) is 0 Å². The first kappa shape index (κ1) is 17.1. The average Bonchev–Trinajstić information content (AvgIpc) is 2.99. The molecule has 1 atom stereocenters. The fourth-order valence-corrected chi connectivity index (χ4v) is 3.87. The molecule has 1 unspecified atom stereocenters. The lowest BCUT2D eigenvalue weighted by Gasteiger charge is -2.13. The van der Waals surface area contributed by atoms with Crippen LogP contribution >= 0.6 is 0 Å². The van der Waals surface area contributed by atoms with E-state index in [0.717, 1.165) is 0 Å². The Morgan fingerprint density at radius 2 is 1.50 bits per heavy atom. The summed E-state index contributed by atoms with van der Waals surface area (Å²) in [6.07, 6.45) is 11.0. The fourth-order valence-electron chi connectivity index (χ4n) is 3.87. The second kappa shape index (κ2) is 8.37. The summed E-state index contributed by atoms with van der Waals surface area (Å²) in [7, 11) is 0. The molecule has 1 N–H and O–H groups in total. The van der Waals surface area contributed by atoms with Gasteiger partial charge < -0.3 is 4.98 Å². The zero-order valence-corrected chi connectivity index (χ0v) is 15.3. The Kier molecular flexibility index (Phi) is 5.96. The van der Waals surface area contributed by atoms with Gasteiger partial charge in [0.2, 0.25) is 0 Å². The number of benzene rings is 2. The quantitative estimate of drug-likeness (QED) is 0.391. The molecule has 0 aliphatic heterocycles. The maximum atomic E-state index is 3.65. The van der Waals surface area contributed by atoms with Crippen LogP contribution in [-0.4, -0.2) is 4.98 Å². The Hall–Kier alpha value is -1.76. The van der Waals surface area contributed by atoms with Crippen molar-refractivity contribution in [1.82, 2.24) is 4.98 Å². The lowest BCUT2D eigenvalue weighted by molar-refractivity contribution is 0.550. The first-order valence-corrected chi connectivity index (χ1v) is 9.80. The molecule has 0 saturated heterocycles. The molecule has 1 heteroatoms. The molecule has 3 rings (SSSR count). The molecule has 0 fully saturated rings. The molecule has 0 aliphatic rings. The zero-order valence-electron chi connectivity index (χ0n) is 15.3. The van der Waals surface area contributed by atoms with Crippen LogP contribution in [0.25, 0.3) is 21.8 Å². The SMILES string of the molecule is CCCCCCCCCC(C)c1cccc2c1[nH]c1ccccc12.